The average Bonchev–Trinajstić information content (AvgIpc) is 2.13. The largest absolute Gasteiger partial charge is 0.351 e. The Bertz CT molecular complexity index is 253. The van der Waals surface area contributed by atoms with Crippen LogP contribution >= 0.6 is 0 Å². The quantitative estimate of drug-likeness (QED) is 0.572. The molecule has 0 bridgehead atoms. The predicted octanol–water partition coefficient (Wildman–Crippen LogP) is -0.512. The molecule has 0 spiro atoms. The molecule has 0 heterocycles. The molecule has 6 heteroatoms. The molecule has 6 nitrogen and oxygen atoms in total. The SMILES string of the molecule is CN(CCC(=O)NC(N)=O)CC(C)(C)CN. The minimum Gasteiger partial charge on any atom is -0.351 e. The molecule has 0 fully saturated rings. The third-order valence-electron chi connectivity index (χ3n) is 2.23. The number of nitrogens with two attached hydrogens (primary N) is 2. The molecular weight excluding hydrogens is 208 g/mol. The van der Waals surface area contributed by atoms with E-state index in [2.05, 4.69) is 13.8 Å². The lowest BCUT2D eigenvalue weighted by Crippen LogP contribution is -2.40. The molecule has 16 heavy (non-hydrogen) atoms. The van der Waals surface area contributed by atoms with Crippen molar-refractivity contribution in [3.05, 3.63) is 0 Å². The molecule has 0 aliphatic heterocycles. The van der Waals surface area contributed by atoms with E-state index in [-0.39, 0.29) is 17.7 Å². The summed E-state index contributed by atoms with van der Waals surface area (Å²) in [6.45, 7) is 6.08. The number of primary amides is 1. The number of amides is 3. The molecule has 0 saturated carbocycles. The van der Waals surface area contributed by atoms with Crippen LogP contribution in [-0.2, 0) is 4.79 Å². The van der Waals surface area contributed by atoms with E-state index in [1.807, 2.05) is 17.3 Å². The van der Waals surface area contributed by atoms with Crippen LogP contribution in [0.25, 0.3) is 0 Å². The van der Waals surface area contributed by atoms with Crippen LogP contribution in [0, 0.1) is 5.41 Å². The second-order valence-corrected chi connectivity index (χ2v) is 4.77. The zero-order valence-electron chi connectivity index (χ0n) is 10.2. The molecule has 0 aromatic heterocycles. The zero-order valence-corrected chi connectivity index (χ0v) is 10.2. The summed E-state index contributed by atoms with van der Waals surface area (Å²) in [6.07, 6.45) is 0.250. The molecule has 0 saturated heterocycles. The highest BCUT2D eigenvalue weighted by Gasteiger charge is 2.18. The van der Waals surface area contributed by atoms with E-state index >= 15 is 0 Å². The number of nitrogens with one attached hydrogen (secondary N) is 1. The Labute approximate surface area is 96.3 Å². The van der Waals surface area contributed by atoms with Crippen LogP contribution in [0.1, 0.15) is 20.3 Å². The van der Waals surface area contributed by atoms with Gasteiger partial charge < -0.3 is 16.4 Å². The molecule has 0 aliphatic carbocycles. The standard InChI is InChI=1S/C10H22N4O2/c1-10(2,6-11)7-14(3)5-4-8(15)13-9(12)16/h4-7,11H2,1-3H3,(H3,12,13,15,16). The van der Waals surface area contributed by atoms with Gasteiger partial charge in [0.05, 0.1) is 0 Å². The molecule has 94 valence electrons. The minimum atomic E-state index is -0.810. The predicted molar refractivity (Wildman–Crippen MR) is 62.7 cm³/mol. The first-order valence-corrected chi connectivity index (χ1v) is 5.25. The van der Waals surface area contributed by atoms with Gasteiger partial charge in [-0.3, -0.25) is 10.1 Å². The van der Waals surface area contributed by atoms with Crippen LogP contribution in [0.3, 0.4) is 0 Å². The molecule has 0 rings (SSSR count). The maximum Gasteiger partial charge on any atom is 0.318 e. The summed E-state index contributed by atoms with van der Waals surface area (Å²) in [5.74, 6) is -0.357. The van der Waals surface area contributed by atoms with Crippen LogP contribution in [0.5, 0.6) is 0 Å². The van der Waals surface area contributed by atoms with Crippen molar-refractivity contribution in [3.8, 4) is 0 Å². The van der Waals surface area contributed by atoms with E-state index in [4.69, 9.17) is 11.5 Å². The third kappa shape index (κ3) is 7.19. The van der Waals surface area contributed by atoms with Crippen LogP contribution in [-0.4, -0.2) is 43.5 Å². The fraction of sp³-hybridized carbons (Fsp3) is 0.800. The Morgan fingerprint density at radius 2 is 1.94 bits per heavy atom. The van der Waals surface area contributed by atoms with Gasteiger partial charge in [0.15, 0.2) is 0 Å². The van der Waals surface area contributed by atoms with Crippen molar-refractivity contribution < 1.29 is 9.59 Å². The van der Waals surface area contributed by atoms with Gasteiger partial charge in [-0.1, -0.05) is 13.8 Å². The highest BCUT2D eigenvalue weighted by Crippen LogP contribution is 2.13. The lowest BCUT2D eigenvalue weighted by molar-refractivity contribution is -0.120. The number of urea groups is 1. The minimum absolute atomic E-state index is 0.0227. The normalized spacial score (nSPS) is 11.6. The van der Waals surface area contributed by atoms with Crippen molar-refractivity contribution in [2.24, 2.45) is 16.9 Å². The zero-order chi connectivity index (χ0) is 12.8. The van der Waals surface area contributed by atoms with E-state index in [0.717, 1.165) is 6.54 Å². The van der Waals surface area contributed by atoms with Crippen LogP contribution in [0.4, 0.5) is 4.79 Å². The molecule has 0 unspecified atom stereocenters. The third-order valence-corrected chi connectivity index (χ3v) is 2.23. The highest BCUT2D eigenvalue weighted by atomic mass is 16.2. The first-order valence-electron chi connectivity index (χ1n) is 5.25. The van der Waals surface area contributed by atoms with Gasteiger partial charge in [-0.2, -0.15) is 0 Å². The Morgan fingerprint density at radius 1 is 1.38 bits per heavy atom. The van der Waals surface area contributed by atoms with Gasteiger partial charge in [0.2, 0.25) is 5.91 Å². The second-order valence-electron chi connectivity index (χ2n) is 4.77. The summed E-state index contributed by atoms with van der Waals surface area (Å²) < 4.78 is 0. The number of hydrogen-bond donors (Lipinski definition) is 3. The number of carbonyl (C=O) groups is 2. The van der Waals surface area contributed by atoms with Crippen LogP contribution in [0.2, 0.25) is 0 Å². The maximum atomic E-state index is 11.1. The van der Waals surface area contributed by atoms with Crippen molar-refractivity contribution in [3.63, 3.8) is 0 Å². The van der Waals surface area contributed by atoms with E-state index in [0.29, 0.717) is 13.1 Å². The molecular formula is C10H22N4O2. The van der Waals surface area contributed by atoms with E-state index in [9.17, 15) is 9.59 Å². The van der Waals surface area contributed by atoms with Crippen molar-refractivity contribution in [2.45, 2.75) is 20.3 Å². The number of carbonyl (C=O) groups excluding carboxylic acids is 2. The van der Waals surface area contributed by atoms with Crippen molar-refractivity contribution >= 4 is 11.9 Å². The van der Waals surface area contributed by atoms with Crippen molar-refractivity contribution in [1.29, 1.82) is 0 Å². The molecule has 5 N–H and O–H groups in total. The number of rotatable bonds is 6. The first-order chi connectivity index (χ1) is 7.26. The lowest BCUT2D eigenvalue weighted by Gasteiger charge is -2.28. The summed E-state index contributed by atoms with van der Waals surface area (Å²) in [5.41, 5.74) is 10.5. The Balaban J connectivity index is 3.85. The van der Waals surface area contributed by atoms with E-state index < -0.39 is 6.03 Å². The summed E-state index contributed by atoms with van der Waals surface area (Å²) in [7, 11) is 1.91. The summed E-state index contributed by atoms with van der Waals surface area (Å²) in [4.78, 5) is 23.5. The van der Waals surface area contributed by atoms with Gasteiger partial charge in [-0.15, -0.1) is 0 Å². The van der Waals surface area contributed by atoms with E-state index in [1.165, 1.54) is 0 Å². The summed E-state index contributed by atoms with van der Waals surface area (Å²) in [6, 6.07) is -0.810. The van der Waals surface area contributed by atoms with Gasteiger partial charge in [0.1, 0.15) is 0 Å². The smallest absolute Gasteiger partial charge is 0.318 e. The lowest BCUT2D eigenvalue weighted by atomic mass is 9.93. The molecule has 3 amide bonds. The first kappa shape index (κ1) is 14.9. The van der Waals surface area contributed by atoms with Gasteiger partial charge in [0, 0.05) is 19.5 Å². The number of nitrogens with zero attached hydrogens (tertiary/aromatic N) is 1. The highest BCUT2D eigenvalue weighted by molar-refractivity contribution is 5.93. The van der Waals surface area contributed by atoms with Gasteiger partial charge in [-0.25, -0.2) is 4.79 Å². The molecule has 0 radical (unpaired) electrons. The topological polar surface area (TPSA) is 101 Å². The average molecular weight is 230 g/mol. The second kappa shape index (κ2) is 6.44. The number of imide groups is 1. The van der Waals surface area contributed by atoms with Crippen LogP contribution in [0.15, 0.2) is 0 Å². The molecule has 0 aromatic rings. The Hall–Kier alpha value is -1.14. The van der Waals surface area contributed by atoms with Crippen molar-refractivity contribution in [1.82, 2.24) is 10.2 Å². The number of hydrogen-bond acceptors (Lipinski definition) is 4. The van der Waals surface area contributed by atoms with Gasteiger partial charge in [-0.05, 0) is 19.0 Å². The van der Waals surface area contributed by atoms with Gasteiger partial charge >= 0.3 is 6.03 Å². The van der Waals surface area contributed by atoms with Crippen LogP contribution < -0.4 is 16.8 Å². The van der Waals surface area contributed by atoms with E-state index in [1.54, 1.807) is 0 Å². The monoisotopic (exact) mass is 230 g/mol. The summed E-state index contributed by atoms with van der Waals surface area (Å²) >= 11 is 0. The summed E-state index contributed by atoms with van der Waals surface area (Å²) in [5, 5.41) is 2.02. The molecule has 0 aliphatic rings. The van der Waals surface area contributed by atoms with Gasteiger partial charge in [0.25, 0.3) is 0 Å². The fourth-order valence-electron chi connectivity index (χ4n) is 1.37. The fourth-order valence-corrected chi connectivity index (χ4v) is 1.37. The van der Waals surface area contributed by atoms with Crippen molar-refractivity contribution in [2.75, 3.05) is 26.7 Å². The molecule has 0 atom stereocenters. The maximum absolute atomic E-state index is 11.1. The molecule has 0 aromatic carbocycles. The Kier molecular flexibility index (Phi) is 5.98. The Morgan fingerprint density at radius 3 is 2.38 bits per heavy atom.